The van der Waals surface area contributed by atoms with Crippen LogP contribution in [0.5, 0.6) is 0 Å². The SMILES string of the molecule is CCNC(=NCCCCn1ccccc1=O)N1CCC(c2cnn(C)c2)C1. The molecule has 0 aliphatic carbocycles. The van der Waals surface area contributed by atoms with Gasteiger partial charge in [0.05, 0.1) is 6.20 Å². The van der Waals surface area contributed by atoms with E-state index >= 15 is 0 Å². The molecule has 1 aliphatic rings. The molecular weight excluding hydrogens is 340 g/mol. The molecule has 2 aromatic heterocycles. The maximum atomic E-state index is 11.7. The van der Waals surface area contributed by atoms with Gasteiger partial charge in [-0.1, -0.05) is 6.07 Å². The number of nitrogens with zero attached hydrogens (tertiary/aromatic N) is 5. The van der Waals surface area contributed by atoms with E-state index in [1.54, 1.807) is 16.7 Å². The number of pyridine rings is 1. The van der Waals surface area contributed by atoms with E-state index < -0.39 is 0 Å². The Morgan fingerprint density at radius 2 is 2.26 bits per heavy atom. The second-order valence-corrected chi connectivity index (χ2v) is 7.05. The van der Waals surface area contributed by atoms with Crippen molar-refractivity contribution in [3.05, 3.63) is 52.7 Å². The van der Waals surface area contributed by atoms with Gasteiger partial charge >= 0.3 is 0 Å². The zero-order chi connectivity index (χ0) is 19.1. The highest BCUT2D eigenvalue weighted by Gasteiger charge is 2.26. The molecule has 7 nitrogen and oxygen atoms in total. The first-order valence-electron chi connectivity index (χ1n) is 9.84. The average Bonchev–Trinajstić information content (AvgIpc) is 3.31. The first kappa shape index (κ1) is 19.2. The molecule has 1 aliphatic heterocycles. The van der Waals surface area contributed by atoms with Gasteiger partial charge in [-0.15, -0.1) is 0 Å². The fourth-order valence-corrected chi connectivity index (χ4v) is 3.53. The molecule has 1 atom stereocenters. The predicted molar refractivity (Wildman–Crippen MR) is 108 cm³/mol. The Morgan fingerprint density at radius 3 is 3.00 bits per heavy atom. The van der Waals surface area contributed by atoms with Crippen molar-refractivity contribution < 1.29 is 0 Å². The molecular formula is C20H30N6O. The molecule has 1 N–H and O–H groups in total. The van der Waals surface area contributed by atoms with E-state index in [1.165, 1.54) is 5.56 Å². The molecule has 7 heteroatoms. The minimum Gasteiger partial charge on any atom is -0.357 e. The highest BCUT2D eigenvalue weighted by atomic mass is 16.1. The standard InChI is InChI=1S/C20H30N6O/c1-3-21-20(22-10-5-7-12-25-11-6-4-8-19(25)27)26-13-9-17(16-26)18-14-23-24(2)15-18/h4,6,8,11,14-15,17H,3,5,7,9-10,12-13,16H2,1-2H3,(H,21,22). The zero-order valence-corrected chi connectivity index (χ0v) is 16.3. The van der Waals surface area contributed by atoms with Gasteiger partial charge in [0, 0.05) is 64.1 Å². The van der Waals surface area contributed by atoms with Crippen molar-refractivity contribution in [3.8, 4) is 0 Å². The van der Waals surface area contributed by atoms with Crippen LogP contribution in [0.1, 0.15) is 37.7 Å². The molecule has 0 radical (unpaired) electrons. The quantitative estimate of drug-likeness (QED) is 0.459. The first-order chi connectivity index (χ1) is 13.2. The summed E-state index contributed by atoms with van der Waals surface area (Å²) in [5.41, 5.74) is 1.37. The van der Waals surface area contributed by atoms with E-state index in [9.17, 15) is 4.79 Å². The number of hydrogen-bond donors (Lipinski definition) is 1. The summed E-state index contributed by atoms with van der Waals surface area (Å²) in [7, 11) is 1.96. The highest BCUT2D eigenvalue weighted by molar-refractivity contribution is 5.80. The Kier molecular flexibility index (Phi) is 6.68. The molecule has 1 unspecified atom stereocenters. The Balaban J connectivity index is 1.49. The Bertz CT molecular complexity index is 809. The lowest BCUT2D eigenvalue weighted by Crippen LogP contribution is -2.40. The molecule has 3 rings (SSSR count). The lowest BCUT2D eigenvalue weighted by molar-refractivity contribution is 0.484. The van der Waals surface area contributed by atoms with Crippen molar-refractivity contribution in [1.29, 1.82) is 0 Å². The normalized spacial score (nSPS) is 17.5. The van der Waals surface area contributed by atoms with E-state index in [1.807, 2.05) is 30.2 Å². The molecule has 1 fully saturated rings. The molecule has 27 heavy (non-hydrogen) atoms. The number of likely N-dealkylation sites (tertiary alicyclic amines) is 1. The number of aromatic nitrogens is 3. The molecule has 0 aromatic carbocycles. The summed E-state index contributed by atoms with van der Waals surface area (Å²) >= 11 is 0. The fourth-order valence-electron chi connectivity index (χ4n) is 3.53. The van der Waals surface area contributed by atoms with Gasteiger partial charge in [-0.25, -0.2) is 0 Å². The Morgan fingerprint density at radius 1 is 1.37 bits per heavy atom. The summed E-state index contributed by atoms with van der Waals surface area (Å²) in [5, 5.41) is 7.72. The van der Waals surface area contributed by atoms with Crippen LogP contribution in [0.3, 0.4) is 0 Å². The summed E-state index contributed by atoms with van der Waals surface area (Å²) in [5.74, 6) is 1.52. The van der Waals surface area contributed by atoms with Crippen LogP contribution in [0.25, 0.3) is 0 Å². The summed E-state index contributed by atoms with van der Waals surface area (Å²) in [4.78, 5) is 18.9. The second-order valence-electron chi connectivity index (χ2n) is 7.05. The van der Waals surface area contributed by atoms with Gasteiger partial charge in [0.15, 0.2) is 5.96 Å². The minimum absolute atomic E-state index is 0.0628. The number of guanidine groups is 1. The van der Waals surface area contributed by atoms with E-state index in [-0.39, 0.29) is 5.56 Å². The predicted octanol–water partition coefficient (Wildman–Crippen LogP) is 1.82. The molecule has 1 saturated heterocycles. The maximum Gasteiger partial charge on any atom is 0.250 e. The van der Waals surface area contributed by atoms with E-state index in [2.05, 4.69) is 28.4 Å². The second kappa shape index (κ2) is 9.39. The number of aliphatic imine (C=N–C) groups is 1. The molecule has 0 bridgehead atoms. The van der Waals surface area contributed by atoms with Crippen LogP contribution in [0.2, 0.25) is 0 Å². The fraction of sp³-hybridized carbons (Fsp3) is 0.550. The Hall–Kier alpha value is -2.57. The summed E-state index contributed by atoms with van der Waals surface area (Å²) in [6.45, 7) is 6.50. The Labute approximate surface area is 160 Å². The van der Waals surface area contributed by atoms with Crippen LogP contribution in [-0.2, 0) is 13.6 Å². The van der Waals surface area contributed by atoms with E-state index in [0.717, 1.165) is 57.9 Å². The number of unbranched alkanes of at least 4 members (excludes halogenated alkanes) is 1. The maximum absolute atomic E-state index is 11.7. The third kappa shape index (κ3) is 5.21. The van der Waals surface area contributed by atoms with Gasteiger partial charge < -0.3 is 14.8 Å². The minimum atomic E-state index is 0.0628. The first-order valence-corrected chi connectivity index (χ1v) is 9.84. The molecule has 0 amide bonds. The van der Waals surface area contributed by atoms with Crippen molar-refractivity contribution in [2.75, 3.05) is 26.2 Å². The summed E-state index contributed by atoms with van der Waals surface area (Å²) in [6, 6.07) is 5.28. The summed E-state index contributed by atoms with van der Waals surface area (Å²) < 4.78 is 3.63. The van der Waals surface area contributed by atoms with Crippen LogP contribution in [0, 0.1) is 0 Å². The van der Waals surface area contributed by atoms with E-state index in [4.69, 9.17) is 4.99 Å². The number of aryl methyl sites for hydroxylation is 2. The largest absolute Gasteiger partial charge is 0.357 e. The molecule has 0 spiro atoms. The van der Waals surface area contributed by atoms with Crippen LogP contribution in [0.15, 0.2) is 46.6 Å². The summed E-state index contributed by atoms with van der Waals surface area (Å²) in [6.07, 6.45) is 8.99. The van der Waals surface area contributed by atoms with Gasteiger partial charge in [-0.05, 0) is 37.8 Å². The highest BCUT2D eigenvalue weighted by Crippen LogP contribution is 2.26. The van der Waals surface area contributed by atoms with Gasteiger partial charge in [0.1, 0.15) is 0 Å². The van der Waals surface area contributed by atoms with Gasteiger partial charge in [0.25, 0.3) is 0 Å². The van der Waals surface area contributed by atoms with Crippen LogP contribution in [0.4, 0.5) is 0 Å². The van der Waals surface area contributed by atoms with Crippen molar-refractivity contribution >= 4 is 5.96 Å². The van der Waals surface area contributed by atoms with Crippen LogP contribution >= 0.6 is 0 Å². The van der Waals surface area contributed by atoms with Gasteiger partial charge in [0.2, 0.25) is 5.56 Å². The molecule has 146 valence electrons. The number of hydrogen-bond acceptors (Lipinski definition) is 3. The average molecular weight is 371 g/mol. The number of rotatable bonds is 7. The van der Waals surface area contributed by atoms with Crippen LogP contribution in [-0.4, -0.2) is 51.4 Å². The zero-order valence-electron chi connectivity index (χ0n) is 16.3. The van der Waals surface area contributed by atoms with Gasteiger partial charge in [-0.2, -0.15) is 5.10 Å². The van der Waals surface area contributed by atoms with Crippen molar-refractivity contribution in [2.45, 2.75) is 38.6 Å². The van der Waals surface area contributed by atoms with Crippen LogP contribution < -0.4 is 10.9 Å². The van der Waals surface area contributed by atoms with Crippen molar-refractivity contribution in [2.24, 2.45) is 12.0 Å². The number of nitrogens with one attached hydrogen (secondary N) is 1. The molecule has 2 aromatic rings. The lowest BCUT2D eigenvalue weighted by atomic mass is 10.0. The van der Waals surface area contributed by atoms with Crippen molar-refractivity contribution in [3.63, 3.8) is 0 Å². The third-order valence-corrected chi connectivity index (χ3v) is 4.99. The monoisotopic (exact) mass is 370 g/mol. The smallest absolute Gasteiger partial charge is 0.250 e. The molecule has 0 saturated carbocycles. The topological polar surface area (TPSA) is 67.5 Å². The van der Waals surface area contributed by atoms with Crippen molar-refractivity contribution in [1.82, 2.24) is 24.6 Å². The molecule has 3 heterocycles. The van der Waals surface area contributed by atoms with E-state index in [0.29, 0.717) is 5.92 Å². The lowest BCUT2D eigenvalue weighted by Gasteiger charge is -2.21. The third-order valence-electron chi connectivity index (χ3n) is 4.99. The van der Waals surface area contributed by atoms with Gasteiger partial charge in [-0.3, -0.25) is 14.5 Å².